The summed E-state index contributed by atoms with van der Waals surface area (Å²) in [7, 11) is 0. The highest BCUT2D eigenvalue weighted by atomic mass is 16.5. The zero-order valence-corrected chi connectivity index (χ0v) is 5.62. The molecule has 1 heteroatoms. The second kappa shape index (κ2) is 3.90. The van der Waals surface area contributed by atoms with E-state index in [9.17, 15) is 0 Å². The molecule has 0 saturated heterocycles. The van der Waals surface area contributed by atoms with Gasteiger partial charge in [0.2, 0.25) is 0 Å². The van der Waals surface area contributed by atoms with E-state index in [2.05, 4.69) is 20.8 Å². The maximum absolute atomic E-state index is 5.23. The van der Waals surface area contributed by atoms with Crippen LogP contribution >= 0.6 is 0 Å². The van der Waals surface area contributed by atoms with Crippen molar-refractivity contribution in [1.82, 2.24) is 0 Å². The van der Waals surface area contributed by atoms with Crippen molar-refractivity contribution in [2.24, 2.45) is 0 Å². The summed E-state index contributed by atoms with van der Waals surface area (Å²) in [5.74, 6) is 0. The molecule has 1 nitrogen and oxygen atoms in total. The predicted octanol–water partition coefficient (Wildman–Crippen LogP) is 2.46. The van der Waals surface area contributed by atoms with Crippen molar-refractivity contribution in [3.63, 3.8) is 0 Å². The summed E-state index contributed by atoms with van der Waals surface area (Å²) in [5, 5.41) is 0. The summed E-state index contributed by atoms with van der Waals surface area (Å²) in [6.07, 6.45) is 0. The van der Waals surface area contributed by atoms with Gasteiger partial charge in [-0.15, -0.1) is 0 Å². The summed E-state index contributed by atoms with van der Waals surface area (Å²) in [6.45, 7) is 8.97. The van der Waals surface area contributed by atoms with Crippen LogP contribution in [0.3, 0.4) is 0 Å². The van der Waals surface area contributed by atoms with Gasteiger partial charge in [0.05, 0.1) is 5.60 Å². The first-order valence-electron chi connectivity index (χ1n) is 2.70. The van der Waals surface area contributed by atoms with E-state index in [0.29, 0.717) is 0 Å². The highest BCUT2D eigenvalue weighted by Crippen LogP contribution is 2.04. The standard InChI is InChI=1S/C6H14O.CH4/c1-5-7-6(2,3)4;/h5H2,1-4H3;1H4. The first-order valence-corrected chi connectivity index (χ1v) is 2.70. The minimum absolute atomic E-state index is 0. The molecule has 0 aliphatic rings. The third-order valence-corrected chi connectivity index (χ3v) is 0.577. The molecule has 0 aromatic rings. The van der Waals surface area contributed by atoms with Gasteiger partial charge in [0, 0.05) is 6.61 Å². The van der Waals surface area contributed by atoms with Crippen LogP contribution < -0.4 is 0 Å². The SMILES string of the molecule is C.CCOC(C)(C)C. The van der Waals surface area contributed by atoms with Crippen LogP contribution in [0, 0.1) is 0 Å². The fourth-order valence-electron chi connectivity index (χ4n) is 0.433. The zero-order valence-electron chi connectivity index (χ0n) is 5.62. The summed E-state index contributed by atoms with van der Waals surface area (Å²) in [6, 6.07) is 0. The first-order chi connectivity index (χ1) is 3.06. The lowest BCUT2D eigenvalue weighted by atomic mass is 10.2. The molecule has 0 aromatic carbocycles. The molecule has 0 spiro atoms. The van der Waals surface area contributed by atoms with Gasteiger partial charge in [-0.2, -0.15) is 0 Å². The van der Waals surface area contributed by atoms with Crippen LogP contribution in [-0.2, 0) is 4.74 Å². The minimum Gasteiger partial charge on any atom is -0.376 e. The van der Waals surface area contributed by atoms with Crippen LogP contribution in [0.1, 0.15) is 35.1 Å². The third-order valence-electron chi connectivity index (χ3n) is 0.577. The average molecular weight is 118 g/mol. The molecule has 8 heavy (non-hydrogen) atoms. The van der Waals surface area contributed by atoms with Gasteiger partial charge in [0.15, 0.2) is 0 Å². The average Bonchev–Trinajstić information content (AvgIpc) is 1.30. The normalized spacial score (nSPS) is 10.5. The lowest BCUT2D eigenvalue weighted by Crippen LogP contribution is -2.18. The Hall–Kier alpha value is -0.0400. The predicted molar refractivity (Wildman–Crippen MR) is 38.1 cm³/mol. The Labute approximate surface area is 53.0 Å². The molecule has 0 bridgehead atoms. The highest BCUT2D eigenvalue weighted by Gasteiger charge is 2.06. The second-order valence-corrected chi connectivity index (χ2v) is 2.55. The Kier molecular flexibility index (Phi) is 5.29. The molecule has 0 N–H and O–H groups in total. The molecule has 52 valence electrons. The molecular weight excluding hydrogens is 100 g/mol. The zero-order chi connectivity index (χ0) is 5.91. The van der Waals surface area contributed by atoms with E-state index in [1.807, 2.05) is 6.92 Å². The van der Waals surface area contributed by atoms with E-state index in [-0.39, 0.29) is 13.0 Å². The van der Waals surface area contributed by atoms with Crippen LogP contribution in [-0.4, -0.2) is 12.2 Å². The van der Waals surface area contributed by atoms with Crippen molar-refractivity contribution in [2.45, 2.75) is 40.7 Å². The maximum Gasteiger partial charge on any atom is 0.0598 e. The first kappa shape index (κ1) is 10.9. The van der Waals surface area contributed by atoms with Gasteiger partial charge in [-0.25, -0.2) is 0 Å². The van der Waals surface area contributed by atoms with Crippen LogP contribution in [0.5, 0.6) is 0 Å². The van der Waals surface area contributed by atoms with Crippen LogP contribution in [0.15, 0.2) is 0 Å². The molecule has 0 fully saturated rings. The van der Waals surface area contributed by atoms with Gasteiger partial charge in [-0.05, 0) is 27.7 Å². The Morgan fingerprint density at radius 1 is 1.25 bits per heavy atom. The number of hydrogen-bond acceptors (Lipinski definition) is 1. The van der Waals surface area contributed by atoms with Gasteiger partial charge >= 0.3 is 0 Å². The maximum atomic E-state index is 5.23. The fraction of sp³-hybridized carbons (Fsp3) is 1.00. The second-order valence-electron chi connectivity index (χ2n) is 2.55. The molecule has 0 rings (SSSR count). The number of hydrogen-bond donors (Lipinski definition) is 0. The number of ether oxygens (including phenoxy) is 1. The van der Waals surface area contributed by atoms with E-state index in [0.717, 1.165) is 6.61 Å². The van der Waals surface area contributed by atoms with Gasteiger partial charge in [0.1, 0.15) is 0 Å². The molecule has 0 heterocycles. The molecule has 0 atom stereocenters. The topological polar surface area (TPSA) is 9.23 Å². The van der Waals surface area contributed by atoms with E-state index in [1.165, 1.54) is 0 Å². The van der Waals surface area contributed by atoms with Crippen molar-refractivity contribution < 1.29 is 4.74 Å². The lowest BCUT2D eigenvalue weighted by molar-refractivity contribution is 0.00532. The molecule has 0 unspecified atom stereocenters. The molecule has 0 radical (unpaired) electrons. The Bertz CT molecular complexity index is 42.8. The Morgan fingerprint density at radius 2 is 1.62 bits per heavy atom. The van der Waals surface area contributed by atoms with Crippen LogP contribution in [0.2, 0.25) is 0 Å². The summed E-state index contributed by atoms with van der Waals surface area (Å²) in [5.41, 5.74) is 0.0503. The molecule has 0 aliphatic heterocycles. The van der Waals surface area contributed by atoms with Crippen molar-refractivity contribution in [3.8, 4) is 0 Å². The number of rotatable bonds is 1. The molecule has 0 amide bonds. The van der Waals surface area contributed by atoms with Crippen molar-refractivity contribution in [3.05, 3.63) is 0 Å². The Balaban J connectivity index is 0. The van der Waals surface area contributed by atoms with E-state index < -0.39 is 0 Å². The summed E-state index contributed by atoms with van der Waals surface area (Å²) in [4.78, 5) is 0. The van der Waals surface area contributed by atoms with Gasteiger partial charge in [-0.1, -0.05) is 7.43 Å². The monoisotopic (exact) mass is 118 g/mol. The van der Waals surface area contributed by atoms with E-state index >= 15 is 0 Å². The van der Waals surface area contributed by atoms with Gasteiger partial charge in [0.25, 0.3) is 0 Å². The highest BCUT2D eigenvalue weighted by molar-refractivity contribution is 4.56. The smallest absolute Gasteiger partial charge is 0.0598 e. The summed E-state index contributed by atoms with van der Waals surface area (Å²) < 4.78 is 5.23. The van der Waals surface area contributed by atoms with E-state index in [4.69, 9.17) is 4.74 Å². The van der Waals surface area contributed by atoms with Gasteiger partial charge in [-0.3, -0.25) is 0 Å². The minimum atomic E-state index is 0. The van der Waals surface area contributed by atoms with E-state index in [1.54, 1.807) is 0 Å². The quantitative estimate of drug-likeness (QED) is 0.514. The fourth-order valence-corrected chi connectivity index (χ4v) is 0.433. The largest absolute Gasteiger partial charge is 0.376 e. The van der Waals surface area contributed by atoms with Crippen LogP contribution in [0.25, 0.3) is 0 Å². The van der Waals surface area contributed by atoms with Gasteiger partial charge < -0.3 is 4.74 Å². The molecule has 0 aromatic heterocycles. The third kappa shape index (κ3) is 9.35. The molecular formula is C7H18O. The summed E-state index contributed by atoms with van der Waals surface area (Å²) >= 11 is 0. The van der Waals surface area contributed by atoms with Crippen molar-refractivity contribution in [2.75, 3.05) is 6.61 Å². The Morgan fingerprint density at radius 3 is 1.62 bits per heavy atom. The van der Waals surface area contributed by atoms with Crippen molar-refractivity contribution >= 4 is 0 Å². The lowest BCUT2D eigenvalue weighted by Gasteiger charge is -2.17. The van der Waals surface area contributed by atoms with Crippen molar-refractivity contribution in [1.29, 1.82) is 0 Å². The molecule has 0 aliphatic carbocycles. The van der Waals surface area contributed by atoms with Crippen LogP contribution in [0.4, 0.5) is 0 Å². The molecule has 0 saturated carbocycles.